The van der Waals surface area contributed by atoms with E-state index in [0.29, 0.717) is 17.5 Å². The number of fused-ring (bicyclic) bond motifs is 1. The van der Waals surface area contributed by atoms with Crippen molar-refractivity contribution in [2.45, 2.75) is 37.6 Å². The maximum Gasteiger partial charge on any atom is 0.332 e. The highest BCUT2D eigenvalue weighted by Crippen LogP contribution is 2.27. The summed E-state index contributed by atoms with van der Waals surface area (Å²) in [5, 5.41) is 0.640. The second kappa shape index (κ2) is 10.4. The minimum atomic E-state index is -0.471. The van der Waals surface area contributed by atoms with E-state index in [0.717, 1.165) is 54.7 Å². The summed E-state index contributed by atoms with van der Waals surface area (Å²) in [4.78, 5) is 49.6. The average Bonchev–Trinajstić information content (AvgIpc) is 3.14. The molecule has 3 heterocycles. The zero-order valence-electron chi connectivity index (χ0n) is 19.7. The zero-order chi connectivity index (χ0) is 24.2. The lowest BCUT2D eigenvalue weighted by atomic mass is 10.2. The molecule has 0 aliphatic carbocycles. The molecule has 0 saturated carbocycles. The summed E-state index contributed by atoms with van der Waals surface area (Å²) in [6.45, 7) is 4.00. The van der Waals surface area contributed by atoms with Crippen LogP contribution in [0.1, 0.15) is 32.6 Å². The number of hydrogen-bond acceptors (Lipinski definition) is 7. The number of aromatic nitrogens is 4. The number of ether oxygens (including phenoxy) is 1. The predicted octanol–water partition coefficient (Wildman–Crippen LogP) is 2.59. The van der Waals surface area contributed by atoms with Gasteiger partial charge in [-0.2, -0.15) is 0 Å². The molecule has 1 saturated heterocycles. The molecule has 180 valence electrons. The quantitative estimate of drug-likeness (QED) is 0.392. The van der Waals surface area contributed by atoms with Gasteiger partial charge in [0.25, 0.3) is 5.56 Å². The van der Waals surface area contributed by atoms with Crippen LogP contribution in [0.5, 0.6) is 5.75 Å². The molecule has 1 aromatic carbocycles. The number of carbonyl (C=O) groups is 1. The Bertz CT molecular complexity index is 1310. The monoisotopic (exact) mass is 483 g/mol. The molecule has 10 heteroatoms. The minimum absolute atomic E-state index is 0.0305. The molecule has 0 unspecified atom stereocenters. The Morgan fingerprint density at radius 2 is 1.68 bits per heavy atom. The van der Waals surface area contributed by atoms with Crippen molar-refractivity contribution >= 4 is 28.7 Å². The Kier molecular flexibility index (Phi) is 7.35. The lowest BCUT2D eigenvalue weighted by Crippen LogP contribution is -2.38. The number of benzene rings is 1. The van der Waals surface area contributed by atoms with Gasteiger partial charge in [-0.05, 0) is 44.0 Å². The van der Waals surface area contributed by atoms with Gasteiger partial charge in [0.15, 0.2) is 11.5 Å². The third-order valence-electron chi connectivity index (χ3n) is 5.98. The largest absolute Gasteiger partial charge is 0.494 e. The smallest absolute Gasteiger partial charge is 0.332 e. The van der Waals surface area contributed by atoms with Gasteiger partial charge >= 0.3 is 5.69 Å². The molecular formula is C24H29N5O4S. The van der Waals surface area contributed by atoms with Crippen molar-refractivity contribution in [3.63, 3.8) is 0 Å². The number of hydrogen-bond donors (Lipinski definition) is 0. The van der Waals surface area contributed by atoms with Gasteiger partial charge in [0.1, 0.15) is 16.2 Å². The number of rotatable bonds is 6. The fourth-order valence-electron chi connectivity index (χ4n) is 4.07. The summed E-state index contributed by atoms with van der Waals surface area (Å²) in [5.41, 5.74) is 0.0300. The van der Waals surface area contributed by atoms with Crippen molar-refractivity contribution in [1.82, 2.24) is 24.0 Å². The van der Waals surface area contributed by atoms with Crippen LogP contribution in [0, 0.1) is 0 Å². The molecule has 0 radical (unpaired) electrons. The fourth-order valence-corrected chi connectivity index (χ4v) is 4.99. The highest BCUT2D eigenvalue weighted by atomic mass is 32.2. The molecule has 0 atom stereocenters. The molecule has 1 aliphatic rings. The average molecular weight is 484 g/mol. The van der Waals surface area contributed by atoms with E-state index in [9.17, 15) is 14.4 Å². The van der Waals surface area contributed by atoms with Gasteiger partial charge in [0.2, 0.25) is 5.91 Å². The van der Waals surface area contributed by atoms with E-state index in [1.807, 2.05) is 36.1 Å². The van der Waals surface area contributed by atoms with E-state index in [1.54, 1.807) is 7.05 Å². The number of aryl methyl sites for hydroxylation is 1. The lowest BCUT2D eigenvalue weighted by Gasteiger charge is -2.20. The van der Waals surface area contributed by atoms with Crippen molar-refractivity contribution in [2.75, 3.05) is 25.4 Å². The van der Waals surface area contributed by atoms with Gasteiger partial charge in [-0.3, -0.25) is 18.7 Å². The van der Waals surface area contributed by atoms with Crippen LogP contribution < -0.4 is 16.0 Å². The molecule has 4 rings (SSSR count). The normalized spacial score (nSPS) is 14.3. The predicted molar refractivity (Wildman–Crippen MR) is 132 cm³/mol. The Labute approximate surface area is 201 Å². The van der Waals surface area contributed by atoms with Crippen molar-refractivity contribution < 1.29 is 9.53 Å². The molecule has 34 heavy (non-hydrogen) atoms. The van der Waals surface area contributed by atoms with Gasteiger partial charge < -0.3 is 9.64 Å². The first-order valence-electron chi connectivity index (χ1n) is 11.5. The first kappa shape index (κ1) is 24.0. The van der Waals surface area contributed by atoms with Gasteiger partial charge in [0.05, 0.1) is 12.4 Å². The Balaban J connectivity index is 1.76. The molecule has 9 nitrogen and oxygen atoms in total. The molecule has 0 bridgehead atoms. The summed E-state index contributed by atoms with van der Waals surface area (Å²) in [7, 11) is 3.01. The van der Waals surface area contributed by atoms with Crippen molar-refractivity contribution in [3.8, 4) is 17.1 Å². The molecule has 1 aliphatic heterocycles. The molecule has 0 spiro atoms. The van der Waals surface area contributed by atoms with Crippen LogP contribution in [0.4, 0.5) is 0 Å². The maximum atomic E-state index is 13.0. The molecular weight excluding hydrogens is 454 g/mol. The molecule has 0 N–H and O–H groups in total. The number of thioether (sulfide) groups is 1. The van der Waals surface area contributed by atoms with E-state index < -0.39 is 11.2 Å². The Morgan fingerprint density at radius 1 is 1.00 bits per heavy atom. The topological polar surface area (TPSA) is 99.3 Å². The van der Waals surface area contributed by atoms with Gasteiger partial charge in [-0.25, -0.2) is 14.8 Å². The second-order valence-electron chi connectivity index (χ2n) is 8.30. The number of carbonyl (C=O) groups excluding carboxylic acids is 1. The van der Waals surface area contributed by atoms with E-state index in [1.165, 1.54) is 23.4 Å². The van der Waals surface area contributed by atoms with Crippen LogP contribution >= 0.6 is 11.8 Å². The Hall–Kier alpha value is -3.14. The van der Waals surface area contributed by atoms with Gasteiger partial charge in [-0.15, -0.1) is 0 Å². The minimum Gasteiger partial charge on any atom is -0.494 e. The first-order chi connectivity index (χ1) is 16.4. The van der Waals surface area contributed by atoms with E-state index >= 15 is 0 Å². The third-order valence-corrected chi connectivity index (χ3v) is 6.94. The fraction of sp³-hybridized carbons (Fsp3) is 0.458. The third kappa shape index (κ3) is 4.86. The highest BCUT2D eigenvalue weighted by Gasteiger charge is 2.21. The van der Waals surface area contributed by atoms with Crippen molar-refractivity contribution in [2.24, 2.45) is 14.1 Å². The van der Waals surface area contributed by atoms with Crippen LogP contribution in [0.3, 0.4) is 0 Å². The summed E-state index contributed by atoms with van der Waals surface area (Å²) in [6, 6.07) is 7.32. The standard InChI is InChI=1S/C24H29N5O4S/c1-4-33-17-11-9-16(10-12-17)20-25-21-19(23(31)28(3)24(32)27(21)2)22(26-20)34-15-18(30)29-13-7-5-6-8-14-29/h9-12H,4-8,13-15H2,1-3H3. The summed E-state index contributed by atoms with van der Waals surface area (Å²) in [5.74, 6) is 1.30. The van der Waals surface area contributed by atoms with Crippen LogP contribution in [-0.2, 0) is 18.9 Å². The van der Waals surface area contributed by atoms with Crippen LogP contribution in [-0.4, -0.2) is 55.4 Å². The summed E-state index contributed by atoms with van der Waals surface area (Å²) >= 11 is 1.22. The van der Waals surface area contributed by atoms with Crippen molar-refractivity contribution in [3.05, 3.63) is 45.1 Å². The number of nitrogens with zero attached hydrogens (tertiary/aromatic N) is 5. The van der Waals surface area contributed by atoms with E-state index in [2.05, 4.69) is 9.97 Å². The van der Waals surface area contributed by atoms with Crippen molar-refractivity contribution in [1.29, 1.82) is 0 Å². The van der Waals surface area contributed by atoms with E-state index in [-0.39, 0.29) is 22.7 Å². The number of likely N-dealkylation sites (tertiary alicyclic amines) is 1. The first-order valence-corrected chi connectivity index (χ1v) is 12.5. The lowest BCUT2D eigenvalue weighted by molar-refractivity contribution is -0.128. The Morgan fingerprint density at radius 3 is 2.32 bits per heavy atom. The van der Waals surface area contributed by atoms with E-state index in [4.69, 9.17) is 4.74 Å². The van der Waals surface area contributed by atoms with Gasteiger partial charge in [0, 0.05) is 32.7 Å². The molecule has 2 aromatic heterocycles. The van der Waals surface area contributed by atoms with Gasteiger partial charge in [-0.1, -0.05) is 24.6 Å². The maximum absolute atomic E-state index is 13.0. The summed E-state index contributed by atoms with van der Waals surface area (Å²) in [6.07, 6.45) is 4.31. The zero-order valence-corrected chi connectivity index (χ0v) is 20.6. The number of amides is 1. The highest BCUT2D eigenvalue weighted by molar-refractivity contribution is 8.00. The van der Waals surface area contributed by atoms with Crippen LogP contribution in [0.25, 0.3) is 22.4 Å². The SMILES string of the molecule is CCOc1ccc(-c2nc(SCC(=O)N3CCCCCC3)c3c(=O)n(C)c(=O)n(C)c3n2)cc1. The summed E-state index contributed by atoms with van der Waals surface area (Å²) < 4.78 is 7.90. The van der Waals surface area contributed by atoms with Crippen LogP contribution in [0.2, 0.25) is 0 Å². The molecule has 1 fully saturated rings. The second-order valence-corrected chi connectivity index (χ2v) is 9.26. The molecule has 3 aromatic rings. The van der Waals surface area contributed by atoms with Crippen LogP contribution in [0.15, 0.2) is 38.9 Å². The molecule has 1 amide bonds.